The Kier molecular flexibility index (Phi) is 5.16. The molecule has 2 atom stereocenters. The summed E-state index contributed by atoms with van der Waals surface area (Å²) < 4.78 is 7.30. The lowest BCUT2D eigenvalue weighted by Crippen LogP contribution is -2.36. The Morgan fingerprint density at radius 2 is 2.06 bits per heavy atom. The topological polar surface area (TPSA) is 121 Å². The summed E-state index contributed by atoms with van der Waals surface area (Å²) in [5.41, 5.74) is 1.78. The summed E-state index contributed by atoms with van der Waals surface area (Å²) in [6.45, 7) is 3.18. The van der Waals surface area contributed by atoms with Crippen LogP contribution in [-0.2, 0) is 19.7 Å². The van der Waals surface area contributed by atoms with Crippen molar-refractivity contribution in [2.45, 2.75) is 31.5 Å². The number of aromatic nitrogens is 5. The van der Waals surface area contributed by atoms with E-state index in [9.17, 15) is 9.90 Å². The summed E-state index contributed by atoms with van der Waals surface area (Å²) >= 11 is 0. The molecule has 1 fully saturated rings. The lowest BCUT2D eigenvalue weighted by atomic mass is 9.86. The second kappa shape index (κ2) is 8.12. The maximum Gasteiger partial charge on any atom is 0.252 e. The highest BCUT2D eigenvalue weighted by Crippen LogP contribution is 2.36. The third-order valence-corrected chi connectivity index (χ3v) is 6.14. The molecule has 10 heteroatoms. The van der Waals surface area contributed by atoms with Crippen molar-refractivity contribution in [1.29, 1.82) is 0 Å². The van der Waals surface area contributed by atoms with Crippen molar-refractivity contribution in [1.82, 2.24) is 30.0 Å². The van der Waals surface area contributed by atoms with Crippen molar-refractivity contribution in [2.24, 2.45) is 0 Å². The molecule has 162 valence electrons. The van der Waals surface area contributed by atoms with Gasteiger partial charge in [-0.25, -0.2) is 4.98 Å². The van der Waals surface area contributed by atoms with E-state index in [0.29, 0.717) is 31.4 Å². The second-order valence-corrected chi connectivity index (χ2v) is 7.91. The highest BCUT2D eigenvalue weighted by atomic mass is 16.5. The minimum atomic E-state index is -0.167. The van der Waals surface area contributed by atoms with Gasteiger partial charge in [0.05, 0.1) is 19.3 Å². The third-order valence-electron chi connectivity index (χ3n) is 6.14. The molecule has 0 aliphatic carbocycles. The van der Waals surface area contributed by atoms with Gasteiger partial charge >= 0.3 is 0 Å². The highest BCUT2D eigenvalue weighted by molar-refractivity contribution is 5.37. The Bertz CT molecular complexity index is 1140. The van der Waals surface area contributed by atoms with Crippen LogP contribution in [0.4, 0.5) is 5.95 Å². The van der Waals surface area contributed by atoms with Crippen LogP contribution < -0.4 is 20.5 Å². The number of nitrogens with zero attached hydrogens (tertiary/aromatic N) is 5. The fraction of sp³-hybridized carbons (Fsp3) is 0.429. The number of ether oxygens (including phenoxy) is 1. The van der Waals surface area contributed by atoms with Crippen molar-refractivity contribution in [2.75, 3.05) is 31.6 Å². The molecule has 4 heterocycles. The minimum absolute atomic E-state index is 0.0857. The number of rotatable bonds is 5. The number of anilines is 1. The van der Waals surface area contributed by atoms with Crippen molar-refractivity contribution in [3.8, 4) is 5.75 Å². The first-order valence-electron chi connectivity index (χ1n) is 10.4. The largest absolute Gasteiger partial charge is 0.497 e. The second-order valence-electron chi connectivity index (χ2n) is 7.91. The zero-order chi connectivity index (χ0) is 21.4. The van der Waals surface area contributed by atoms with Gasteiger partial charge in [0.1, 0.15) is 12.4 Å². The fourth-order valence-corrected chi connectivity index (χ4v) is 4.53. The maximum atomic E-state index is 12.5. The van der Waals surface area contributed by atoms with Gasteiger partial charge in [-0.1, -0.05) is 12.1 Å². The average Bonchev–Trinajstić information content (AvgIpc) is 3.45. The number of nitrogens with one attached hydrogen (secondary N) is 2. The van der Waals surface area contributed by atoms with E-state index < -0.39 is 0 Å². The van der Waals surface area contributed by atoms with E-state index in [1.165, 1.54) is 5.56 Å². The summed E-state index contributed by atoms with van der Waals surface area (Å²) in [7, 11) is 1.66. The number of aromatic amines is 1. The summed E-state index contributed by atoms with van der Waals surface area (Å²) in [6.07, 6.45) is 0. The zero-order valence-electron chi connectivity index (χ0n) is 17.3. The first-order valence-corrected chi connectivity index (χ1v) is 10.4. The van der Waals surface area contributed by atoms with Crippen molar-refractivity contribution in [3.63, 3.8) is 0 Å². The van der Waals surface area contributed by atoms with Gasteiger partial charge in [0.25, 0.3) is 5.56 Å². The molecule has 0 radical (unpaired) electrons. The van der Waals surface area contributed by atoms with Gasteiger partial charge in [-0.3, -0.25) is 9.78 Å². The fourth-order valence-electron chi connectivity index (χ4n) is 4.53. The van der Waals surface area contributed by atoms with Crippen molar-refractivity contribution < 1.29 is 9.84 Å². The van der Waals surface area contributed by atoms with Gasteiger partial charge in [-0.15, -0.1) is 10.2 Å². The van der Waals surface area contributed by atoms with Crippen LogP contribution in [0.3, 0.4) is 0 Å². The lowest BCUT2D eigenvalue weighted by molar-refractivity contribution is 0.263. The lowest BCUT2D eigenvalue weighted by Gasteiger charge is -2.29. The molecule has 0 amide bonds. The molecule has 1 aromatic carbocycles. The smallest absolute Gasteiger partial charge is 0.252 e. The standard InChI is InChI=1S/C21H25N7O3/c1-31-14-4-2-3-13(7-14)15-9-22-10-16(15)17-8-20(30)24-21(23-17)27-5-6-28-18(11-27)25-26-19(28)12-29/h2-4,7-8,15-16,22,29H,5-6,9-12H2,1H3,(H,23,24,30)/t15-,16+/m0/s1. The number of H-pyrrole nitrogens is 1. The van der Waals surface area contributed by atoms with E-state index in [4.69, 9.17) is 9.72 Å². The molecule has 0 bridgehead atoms. The van der Waals surface area contributed by atoms with E-state index in [0.717, 1.165) is 30.4 Å². The van der Waals surface area contributed by atoms with E-state index >= 15 is 0 Å². The Morgan fingerprint density at radius 3 is 2.90 bits per heavy atom. The van der Waals surface area contributed by atoms with Gasteiger partial charge in [-0.05, 0) is 17.7 Å². The monoisotopic (exact) mass is 423 g/mol. The van der Waals surface area contributed by atoms with Crippen LogP contribution in [0.5, 0.6) is 5.75 Å². The average molecular weight is 423 g/mol. The number of hydrogen-bond donors (Lipinski definition) is 3. The number of aliphatic hydroxyl groups is 1. The van der Waals surface area contributed by atoms with E-state index in [1.807, 2.05) is 21.6 Å². The van der Waals surface area contributed by atoms with Crippen LogP contribution in [0.15, 0.2) is 35.1 Å². The molecule has 2 aromatic heterocycles. The van der Waals surface area contributed by atoms with Crippen LogP contribution >= 0.6 is 0 Å². The predicted molar refractivity (Wildman–Crippen MR) is 113 cm³/mol. The first-order chi connectivity index (χ1) is 15.2. The molecule has 3 N–H and O–H groups in total. The zero-order valence-corrected chi connectivity index (χ0v) is 17.3. The number of fused-ring (bicyclic) bond motifs is 1. The molecule has 0 saturated carbocycles. The quantitative estimate of drug-likeness (QED) is 0.538. The normalized spacial score (nSPS) is 20.6. The Hall–Kier alpha value is -3.24. The summed E-state index contributed by atoms with van der Waals surface area (Å²) in [5, 5.41) is 21.0. The molecular weight excluding hydrogens is 398 g/mol. The molecule has 5 rings (SSSR count). The Labute approximate surface area is 178 Å². The predicted octanol–water partition coefficient (Wildman–Crippen LogP) is 0.353. The molecule has 3 aromatic rings. The minimum Gasteiger partial charge on any atom is -0.497 e. The van der Waals surface area contributed by atoms with Gasteiger partial charge in [0, 0.05) is 44.1 Å². The molecule has 31 heavy (non-hydrogen) atoms. The van der Waals surface area contributed by atoms with Crippen LogP contribution in [-0.4, -0.2) is 56.6 Å². The first kappa shape index (κ1) is 19.7. The molecule has 2 aliphatic heterocycles. The van der Waals surface area contributed by atoms with Crippen LogP contribution in [0.2, 0.25) is 0 Å². The molecule has 10 nitrogen and oxygen atoms in total. The molecule has 1 saturated heterocycles. The van der Waals surface area contributed by atoms with Gasteiger partial charge in [0.15, 0.2) is 11.6 Å². The molecular formula is C21H25N7O3. The van der Waals surface area contributed by atoms with E-state index in [-0.39, 0.29) is 24.0 Å². The highest BCUT2D eigenvalue weighted by Gasteiger charge is 2.32. The number of benzene rings is 1. The number of methoxy groups -OCH3 is 1. The van der Waals surface area contributed by atoms with Crippen molar-refractivity contribution in [3.05, 3.63) is 63.6 Å². The van der Waals surface area contributed by atoms with Gasteiger partial charge < -0.3 is 24.6 Å². The van der Waals surface area contributed by atoms with Crippen LogP contribution in [0.1, 0.15) is 34.7 Å². The maximum absolute atomic E-state index is 12.5. The number of aliphatic hydroxyl groups excluding tert-OH is 1. The number of hydrogen-bond acceptors (Lipinski definition) is 8. The Morgan fingerprint density at radius 1 is 1.19 bits per heavy atom. The summed E-state index contributed by atoms with van der Waals surface area (Å²) in [5.74, 6) is 2.96. The summed E-state index contributed by atoms with van der Waals surface area (Å²) in [6, 6.07) is 9.67. The van der Waals surface area contributed by atoms with E-state index in [2.05, 4.69) is 32.6 Å². The van der Waals surface area contributed by atoms with Crippen LogP contribution in [0.25, 0.3) is 0 Å². The van der Waals surface area contributed by atoms with Gasteiger partial charge in [-0.2, -0.15) is 0 Å². The van der Waals surface area contributed by atoms with Crippen molar-refractivity contribution >= 4 is 5.95 Å². The van der Waals surface area contributed by atoms with Gasteiger partial charge in [0.2, 0.25) is 5.95 Å². The molecule has 2 aliphatic rings. The third kappa shape index (κ3) is 3.68. The summed E-state index contributed by atoms with van der Waals surface area (Å²) in [4.78, 5) is 22.2. The SMILES string of the molecule is COc1cccc([C@@H]2CNC[C@H]2c2cc(=O)[nH]c(N3CCn4c(CO)nnc4C3)n2)c1. The molecule has 0 spiro atoms. The van der Waals surface area contributed by atoms with Crippen LogP contribution in [0, 0.1) is 0 Å². The molecule has 0 unspecified atom stereocenters. The van der Waals surface area contributed by atoms with E-state index in [1.54, 1.807) is 13.2 Å². The Balaban J connectivity index is 1.44.